The maximum absolute atomic E-state index is 12.3. The first-order chi connectivity index (χ1) is 12.2. The van der Waals surface area contributed by atoms with Crippen molar-refractivity contribution in [2.75, 3.05) is 25.0 Å². The first-order valence-corrected chi connectivity index (χ1v) is 9.07. The molecule has 0 aromatic carbocycles. The molecule has 8 heteroatoms. The number of carbonyl (C=O) groups excluding carboxylic acids is 1. The SMILES string of the molecule is O=C(CNc1nnc([C@@H]2CC2c2ccn[nH]2)o1)N1CCC2(CC1)CC2. The number of aromatic amines is 1. The van der Waals surface area contributed by atoms with Gasteiger partial charge in [-0.2, -0.15) is 5.10 Å². The molecule has 1 unspecified atom stereocenters. The highest BCUT2D eigenvalue weighted by Gasteiger charge is 2.45. The molecule has 0 radical (unpaired) electrons. The molecule has 8 nitrogen and oxygen atoms in total. The number of amides is 1. The molecule has 3 fully saturated rings. The van der Waals surface area contributed by atoms with E-state index in [1.54, 1.807) is 6.20 Å². The molecule has 1 amide bonds. The molecule has 0 bridgehead atoms. The van der Waals surface area contributed by atoms with Gasteiger partial charge in [0.2, 0.25) is 11.8 Å². The lowest BCUT2D eigenvalue weighted by atomic mass is 9.94. The summed E-state index contributed by atoms with van der Waals surface area (Å²) >= 11 is 0. The summed E-state index contributed by atoms with van der Waals surface area (Å²) in [5.74, 6) is 1.36. The predicted molar refractivity (Wildman–Crippen MR) is 89.0 cm³/mol. The van der Waals surface area contributed by atoms with Crippen molar-refractivity contribution in [2.45, 2.75) is 43.9 Å². The Bertz CT molecular complexity index is 756. The molecule has 2 atom stereocenters. The Labute approximate surface area is 145 Å². The standard InChI is InChI=1S/C17H22N6O2/c24-14(23-7-4-17(2-3-17)5-8-23)10-18-16-22-21-15(25-16)12-9-11(12)13-1-6-19-20-13/h1,6,11-12H,2-5,7-10H2,(H,18,22)(H,19,20)/t11?,12-/m1/s1. The lowest BCUT2D eigenvalue weighted by molar-refractivity contribution is -0.130. The lowest BCUT2D eigenvalue weighted by Gasteiger charge is -2.32. The molecule has 2 saturated carbocycles. The average molecular weight is 342 g/mol. The molecule has 1 aliphatic heterocycles. The molecule has 2 N–H and O–H groups in total. The largest absolute Gasteiger partial charge is 0.408 e. The van der Waals surface area contributed by atoms with E-state index in [2.05, 4.69) is 25.7 Å². The number of piperidine rings is 1. The minimum Gasteiger partial charge on any atom is -0.408 e. The molecule has 3 aliphatic rings. The molecule has 3 heterocycles. The van der Waals surface area contributed by atoms with Crippen molar-refractivity contribution < 1.29 is 9.21 Å². The number of aromatic nitrogens is 4. The highest BCUT2D eigenvalue weighted by molar-refractivity contribution is 5.80. The number of nitrogens with one attached hydrogen (secondary N) is 2. The van der Waals surface area contributed by atoms with Crippen LogP contribution in [0.1, 0.15) is 55.5 Å². The van der Waals surface area contributed by atoms with Gasteiger partial charge in [-0.3, -0.25) is 9.89 Å². The first kappa shape index (κ1) is 14.9. The van der Waals surface area contributed by atoms with Crippen molar-refractivity contribution in [2.24, 2.45) is 5.41 Å². The summed E-state index contributed by atoms with van der Waals surface area (Å²) in [6.07, 6.45) is 7.73. The third-order valence-corrected chi connectivity index (χ3v) is 5.99. The Morgan fingerprint density at radius 2 is 2.12 bits per heavy atom. The molecule has 2 aliphatic carbocycles. The first-order valence-electron chi connectivity index (χ1n) is 9.07. The van der Waals surface area contributed by atoms with Crippen LogP contribution in [0.4, 0.5) is 6.01 Å². The van der Waals surface area contributed by atoms with Crippen molar-refractivity contribution in [3.8, 4) is 0 Å². The lowest BCUT2D eigenvalue weighted by Crippen LogP contribution is -2.41. The maximum Gasteiger partial charge on any atom is 0.315 e. The van der Waals surface area contributed by atoms with Gasteiger partial charge < -0.3 is 14.6 Å². The molecule has 2 aromatic rings. The van der Waals surface area contributed by atoms with Crippen LogP contribution in [0, 0.1) is 5.41 Å². The van der Waals surface area contributed by atoms with Crippen LogP contribution in [0.2, 0.25) is 0 Å². The van der Waals surface area contributed by atoms with Gasteiger partial charge in [0.1, 0.15) is 0 Å². The van der Waals surface area contributed by atoms with E-state index in [0.29, 0.717) is 23.2 Å². The van der Waals surface area contributed by atoms with Gasteiger partial charge in [-0.15, -0.1) is 5.10 Å². The Morgan fingerprint density at radius 3 is 2.84 bits per heavy atom. The summed E-state index contributed by atoms with van der Waals surface area (Å²) in [6.45, 7) is 1.97. The number of nitrogens with zero attached hydrogens (tertiary/aromatic N) is 4. The third-order valence-electron chi connectivity index (χ3n) is 5.99. The van der Waals surface area contributed by atoms with Crippen LogP contribution in [0.5, 0.6) is 0 Å². The Hall–Kier alpha value is -2.38. The summed E-state index contributed by atoms with van der Waals surface area (Å²) in [7, 11) is 0. The van der Waals surface area contributed by atoms with Gasteiger partial charge in [0.05, 0.1) is 6.54 Å². The fourth-order valence-electron chi connectivity index (χ4n) is 3.91. The molecular formula is C17H22N6O2. The number of rotatable bonds is 5. The zero-order valence-electron chi connectivity index (χ0n) is 14.1. The predicted octanol–water partition coefficient (Wildman–Crippen LogP) is 1.88. The zero-order chi connectivity index (χ0) is 16.9. The number of hydrogen-bond donors (Lipinski definition) is 2. The summed E-state index contributed by atoms with van der Waals surface area (Å²) in [5, 5.41) is 18.1. The van der Waals surface area contributed by atoms with E-state index in [9.17, 15) is 4.79 Å². The summed E-state index contributed by atoms with van der Waals surface area (Å²) in [5.41, 5.74) is 1.69. The second-order valence-electron chi connectivity index (χ2n) is 7.64. The number of hydrogen-bond acceptors (Lipinski definition) is 6. The highest BCUT2D eigenvalue weighted by Crippen LogP contribution is 2.54. The minimum atomic E-state index is 0.108. The van der Waals surface area contributed by atoms with Crippen LogP contribution < -0.4 is 5.32 Å². The van der Waals surface area contributed by atoms with E-state index in [1.165, 1.54) is 12.8 Å². The summed E-state index contributed by atoms with van der Waals surface area (Å²) in [4.78, 5) is 14.3. The van der Waals surface area contributed by atoms with E-state index in [1.807, 2.05) is 11.0 Å². The quantitative estimate of drug-likeness (QED) is 0.860. The van der Waals surface area contributed by atoms with Crippen LogP contribution in [-0.4, -0.2) is 50.8 Å². The fourth-order valence-corrected chi connectivity index (χ4v) is 3.91. The number of carbonyl (C=O) groups is 1. The van der Waals surface area contributed by atoms with Crippen molar-refractivity contribution in [1.29, 1.82) is 0 Å². The van der Waals surface area contributed by atoms with Gasteiger partial charge in [-0.05, 0) is 43.6 Å². The van der Waals surface area contributed by atoms with Crippen molar-refractivity contribution in [3.63, 3.8) is 0 Å². The Balaban J connectivity index is 1.12. The second-order valence-corrected chi connectivity index (χ2v) is 7.64. The van der Waals surface area contributed by atoms with Crippen LogP contribution >= 0.6 is 0 Å². The normalized spacial score (nSPS) is 26.6. The molecule has 1 spiro atoms. The summed E-state index contributed by atoms with van der Waals surface area (Å²) in [6, 6.07) is 2.30. The number of likely N-dealkylation sites (tertiary alicyclic amines) is 1. The van der Waals surface area contributed by atoms with Gasteiger partial charge >= 0.3 is 6.01 Å². The molecule has 5 rings (SSSR count). The summed E-state index contributed by atoms with van der Waals surface area (Å²) < 4.78 is 5.68. The Kier molecular flexibility index (Phi) is 3.33. The molecule has 25 heavy (non-hydrogen) atoms. The fraction of sp³-hybridized carbons (Fsp3) is 0.647. The number of H-pyrrole nitrogens is 1. The van der Waals surface area contributed by atoms with E-state index in [0.717, 1.165) is 38.0 Å². The molecule has 132 valence electrons. The van der Waals surface area contributed by atoms with Crippen molar-refractivity contribution in [1.82, 2.24) is 25.3 Å². The van der Waals surface area contributed by atoms with Crippen LogP contribution in [0.15, 0.2) is 16.7 Å². The smallest absolute Gasteiger partial charge is 0.315 e. The maximum atomic E-state index is 12.3. The highest BCUT2D eigenvalue weighted by atomic mass is 16.4. The van der Waals surface area contributed by atoms with E-state index >= 15 is 0 Å². The van der Waals surface area contributed by atoms with Crippen molar-refractivity contribution in [3.05, 3.63) is 23.8 Å². The number of anilines is 1. The van der Waals surface area contributed by atoms with Gasteiger partial charge in [0.15, 0.2) is 0 Å². The third kappa shape index (κ3) is 2.89. The van der Waals surface area contributed by atoms with Gasteiger partial charge in [-0.1, -0.05) is 5.10 Å². The van der Waals surface area contributed by atoms with E-state index < -0.39 is 0 Å². The van der Waals surface area contributed by atoms with Crippen molar-refractivity contribution >= 4 is 11.9 Å². The molecule has 2 aromatic heterocycles. The van der Waals surface area contributed by atoms with Crippen LogP contribution in [0.25, 0.3) is 0 Å². The molecular weight excluding hydrogens is 320 g/mol. The van der Waals surface area contributed by atoms with Gasteiger partial charge in [0, 0.05) is 36.8 Å². The average Bonchev–Trinajstić information content (AvgIpc) is 3.46. The van der Waals surface area contributed by atoms with Gasteiger partial charge in [-0.25, -0.2) is 0 Å². The monoisotopic (exact) mass is 342 g/mol. The second kappa shape index (κ2) is 5.57. The van der Waals surface area contributed by atoms with E-state index in [-0.39, 0.29) is 18.4 Å². The minimum absolute atomic E-state index is 0.108. The van der Waals surface area contributed by atoms with E-state index in [4.69, 9.17) is 4.42 Å². The zero-order valence-corrected chi connectivity index (χ0v) is 14.1. The Morgan fingerprint density at radius 1 is 1.28 bits per heavy atom. The molecule has 1 saturated heterocycles. The van der Waals surface area contributed by atoms with Crippen LogP contribution in [-0.2, 0) is 4.79 Å². The van der Waals surface area contributed by atoms with Crippen LogP contribution in [0.3, 0.4) is 0 Å². The topological polar surface area (TPSA) is 99.9 Å². The van der Waals surface area contributed by atoms with Gasteiger partial charge in [0.25, 0.3) is 0 Å².